The summed E-state index contributed by atoms with van der Waals surface area (Å²) in [4.78, 5) is 11.6. The van der Waals surface area contributed by atoms with Crippen molar-refractivity contribution in [2.75, 3.05) is 13.2 Å². The SMILES string of the molecule is CCCCCCCCCCCCCCCCCCOC1=C(O)C(=CCO)OC1=O. The highest BCUT2D eigenvalue weighted by atomic mass is 16.6. The molecule has 5 nitrogen and oxygen atoms in total. The molecule has 1 aliphatic rings. The Hall–Kier alpha value is -1.49. The van der Waals surface area contributed by atoms with Crippen LogP contribution in [0.2, 0.25) is 0 Å². The molecule has 2 N–H and O–H groups in total. The molecule has 0 aromatic rings. The first-order valence-corrected chi connectivity index (χ1v) is 11.8. The molecule has 5 heteroatoms. The fourth-order valence-corrected chi connectivity index (χ4v) is 3.58. The van der Waals surface area contributed by atoms with Crippen LogP contribution in [0, 0.1) is 0 Å². The number of aliphatic hydroxyl groups excluding tert-OH is 2. The van der Waals surface area contributed by atoms with E-state index in [-0.39, 0.29) is 23.9 Å². The number of hydrogen-bond acceptors (Lipinski definition) is 5. The van der Waals surface area contributed by atoms with Crippen molar-refractivity contribution in [3.8, 4) is 0 Å². The number of rotatable bonds is 19. The zero-order chi connectivity index (χ0) is 21.2. The number of ether oxygens (including phenoxy) is 2. The summed E-state index contributed by atoms with van der Waals surface area (Å²) in [6.45, 7) is 2.35. The zero-order valence-corrected chi connectivity index (χ0v) is 18.4. The maximum Gasteiger partial charge on any atom is 0.383 e. The van der Waals surface area contributed by atoms with E-state index in [2.05, 4.69) is 6.92 Å². The molecule has 29 heavy (non-hydrogen) atoms. The summed E-state index contributed by atoms with van der Waals surface area (Å²) in [6, 6.07) is 0. The van der Waals surface area contributed by atoms with E-state index in [9.17, 15) is 9.90 Å². The predicted molar refractivity (Wildman–Crippen MR) is 116 cm³/mol. The van der Waals surface area contributed by atoms with Crippen molar-refractivity contribution in [3.05, 3.63) is 23.4 Å². The lowest BCUT2D eigenvalue weighted by Crippen LogP contribution is -2.04. The van der Waals surface area contributed by atoms with Crippen LogP contribution in [-0.2, 0) is 14.3 Å². The van der Waals surface area contributed by atoms with E-state index < -0.39 is 5.97 Å². The molecular formula is C24H42O5. The predicted octanol–water partition coefficient (Wildman–Crippen LogP) is 6.47. The fraction of sp³-hybridized carbons (Fsp3) is 0.792. The highest BCUT2D eigenvalue weighted by Gasteiger charge is 2.31. The van der Waals surface area contributed by atoms with Gasteiger partial charge in [0.15, 0.2) is 5.76 Å². The molecule has 0 bridgehead atoms. The Labute approximate surface area is 177 Å². The van der Waals surface area contributed by atoms with Gasteiger partial charge < -0.3 is 19.7 Å². The van der Waals surface area contributed by atoms with Gasteiger partial charge in [-0.2, -0.15) is 0 Å². The van der Waals surface area contributed by atoms with Gasteiger partial charge in [0.1, 0.15) is 0 Å². The summed E-state index contributed by atoms with van der Waals surface area (Å²) in [6.07, 6.45) is 22.1. The Morgan fingerprint density at radius 3 is 1.69 bits per heavy atom. The van der Waals surface area contributed by atoms with E-state index in [1.54, 1.807) is 0 Å². The smallest absolute Gasteiger partial charge is 0.383 e. The summed E-state index contributed by atoms with van der Waals surface area (Å²) in [5.74, 6) is -1.19. The van der Waals surface area contributed by atoms with E-state index >= 15 is 0 Å². The number of cyclic esters (lactones) is 1. The normalized spacial score (nSPS) is 15.4. The van der Waals surface area contributed by atoms with Crippen molar-refractivity contribution in [1.82, 2.24) is 0 Å². The third-order valence-corrected chi connectivity index (χ3v) is 5.36. The van der Waals surface area contributed by atoms with E-state index in [0.29, 0.717) is 6.61 Å². The molecular weight excluding hydrogens is 368 g/mol. The number of unbranched alkanes of at least 4 members (excludes halogenated alkanes) is 15. The lowest BCUT2D eigenvalue weighted by Gasteiger charge is -2.05. The molecule has 1 rings (SSSR count). The number of carbonyl (C=O) groups excluding carboxylic acids is 1. The van der Waals surface area contributed by atoms with Crippen molar-refractivity contribution in [2.24, 2.45) is 0 Å². The van der Waals surface area contributed by atoms with Crippen LogP contribution in [0.5, 0.6) is 0 Å². The van der Waals surface area contributed by atoms with Crippen LogP contribution in [0.15, 0.2) is 23.4 Å². The van der Waals surface area contributed by atoms with E-state index in [4.69, 9.17) is 14.6 Å². The van der Waals surface area contributed by atoms with Crippen LogP contribution in [0.4, 0.5) is 0 Å². The highest BCUT2D eigenvalue weighted by molar-refractivity contribution is 5.91. The third-order valence-electron chi connectivity index (χ3n) is 5.36. The van der Waals surface area contributed by atoms with Crippen LogP contribution in [0.25, 0.3) is 0 Å². The first-order valence-electron chi connectivity index (χ1n) is 11.8. The topological polar surface area (TPSA) is 76.0 Å². The molecule has 0 aromatic carbocycles. The molecule has 0 saturated carbocycles. The largest absolute Gasteiger partial charge is 0.501 e. The first-order chi connectivity index (χ1) is 14.2. The number of aliphatic hydroxyl groups is 2. The molecule has 0 amide bonds. The monoisotopic (exact) mass is 410 g/mol. The zero-order valence-electron chi connectivity index (χ0n) is 18.4. The molecule has 0 aromatic heterocycles. The van der Waals surface area contributed by atoms with Crippen molar-refractivity contribution in [1.29, 1.82) is 0 Å². The van der Waals surface area contributed by atoms with Crippen LogP contribution < -0.4 is 0 Å². The average Bonchev–Trinajstić information content (AvgIpc) is 2.98. The van der Waals surface area contributed by atoms with Crippen LogP contribution >= 0.6 is 0 Å². The van der Waals surface area contributed by atoms with Gasteiger partial charge in [-0.15, -0.1) is 0 Å². The molecule has 0 fully saturated rings. The van der Waals surface area contributed by atoms with E-state index in [1.165, 1.54) is 96.0 Å². The van der Waals surface area contributed by atoms with Gasteiger partial charge in [0, 0.05) is 0 Å². The van der Waals surface area contributed by atoms with Gasteiger partial charge in [0.2, 0.25) is 5.76 Å². The third kappa shape index (κ3) is 11.9. The summed E-state index contributed by atoms with van der Waals surface area (Å²) in [7, 11) is 0. The minimum Gasteiger partial charge on any atom is -0.501 e. The second-order valence-electron chi connectivity index (χ2n) is 7.97. The van der Waals surface area contributed by atoms with Crippen LogP contribution in [0.3, 0.4) is 0 Å². The minimum absolute atomic E-state index is 0.0283. The summed E-state index contributed by atoms with van der Waals surface area (Å²) in [5.41, 5.74) is 0. The maximum absolute atomic E-state index is 11.6. The van der Waals surface area contributed by atoms with Crippen molar-refractivity contribution in [3.63, 3.8) is 0 Å². The number of carbonyl (C=O) groups is 1. The molecule has 0 aliphatic carbocycles. The van der Waals surface area contributed by atoms with Gasteiger partial charge in [-0.25, -0.2) is 4.79 Å². The van der Waals surface area contributed by atoms with Crippen molar-refractivity contribution in [2.45, 2.75) is 110 Å². The lowest BCUT2D eigenvalue weighted by molar-refractivity contribution is -0.136. The van der Waals surface area contributed by atoms with E-state index in [1.807, 2.05) is 0 Å². The Morgan fingerprint density at radius 1 is 0.793 bits per heavy atom. The number of hydrogen-bond donors (Lipinski definition) is 2. The summed E-state index contributed by atoms with van der Waals surface area (Å²) >= 11 is 0. The lowest BCUT2D eigenvalue weighted by atomic mass is 10.0. The van der Waals surface area contributed by atoms with Gasteiger partial charge in [-0.1, -0.05) is 103 Å². The Kier molecular flexibility index (Phi) is 15.3. The standard InChI is InChI=1S/C24H42O5/c1-2-3-4-5-6-7-8-9-10-11-12-13-14-15-16-17-20-28-23-22(26)21(18-19-25)29-24(23)27/h18,25-26H,2-17,19-20H2,1H3. The molecule has 0 radical (unpaired) electrons. The molecule has 168 valence electrons. The van der Waals surface area contributed by atoms with Gasteiger partial charge in [0.05, 0.1) is 13.2 Å². The molecule has 0 spiro atoms. The highest BCUT2D eigenvalue weighted by Crippen LogP contribution is 2.25. The molecule has 1 heterocycles. The van der Waals surface area contributed by atoms with E-state index in [0.717, 1.165) is 12.8 Å². The molecule has 1 aliphatic heterocycles. The average molecular weight is 411 g/mol. The van der Waals surface area contributed by atoms with Gasteiger partial charge in [0.25, 0.3) is 5.76 Å². The van der Waals surface area contributed by atoms with Gasteiger partial charge in [-0.05, 0) is 12.5 Å². The van der Waals surface area contributed by atoms with Crippen molar-refractivity contribution < 1.29 is 24.5 Å². The summed E-state index contributed by atoms with van der Waals surface area (Å²) < 4.78 is 10.2. The van der Waals surface area contributed by atoms with Gasteiger partial charge >= 0.3 is 5.97 Å². The Bertz CT molecular complexity index is 495. The summed E-state index contributed by atoms with van der Waals surface area (Å²) in [5, 5.41) is 18.6. The minimum atomic E-state index is -0.696. The number of esters is 1. The molecule has 0 unspecified atom stereocenters. The Balaban J connectivity index is 1.86. The second-order valence-corrected chi connectivity index (χ2v) is 7.97. The Morgan fingerprint density at radius 2 is 1.24 bits per heavy atom. The van der Waals surface area contributed by atoms with Gasteiger partial charge in [-0.3, -0.25) is 0 Å². The van der Waals surface area contributed by atoms with Crippen LogP contribution in [-0.4, -0.2) is 29.4 Å². The fourth-order valence-electron chi connectivity index (χ4n) is 3.58. The molecule has 0 saturated heterocycles. The quantitative estimate of drug-likeness (QED) is 0.189. The van der Waals surface area contributed by atoms with Crippen molar-refractivity contribution >= 4 is 5.97 Å². The second kappa shape index (κ2) is 17.4. The maximum atomic E-state index is 11.6. The first kappa shape index (κ1) is 25.5. The molecule has 0 atom stereocenters. The van der Waals surface area contributed by atoms with Crippen LogP contribution in [0.1, 0.15) is 110 Å².